The molecule has 0 aliphatic carbocycles. The number of phenols is 1. The first-order chi connectivity index (χ1) is 10.7. The number of carbonyl (C=O) groups excluding carboxylic acids is 1. The van der Waals surface area contributed by atoms with Crippen LogP contribution >= 0.6 is 0 Å². The molecular weight excluding hydrogens is 278 g/mol. The van der Waals surface area contributed by atoms with Crippen molar-refractivity contribution in [3.63, 3.8) is 0 Å². The molecule has 22 heavy (non-hydrogen) atoms. The number of carbonyl (C=O) groups is 1. The molecular formula is C18H15NO3. The van der Waals surface area contributed by atoms with Crippen molar-refractivity contribution in [2.24, 2.45) is 0 Å². The minimum absolute atomic E-state index is 0.0899. The Hall–Kier alpha value is -3.01. The molecule has 0 fully saturated rings. The van der Waals surface area contributed by atoms with E-state index >= 15 is 0 Å². The third kappa shape index (κ3) is 2.59. The van der Waals surface area contributed by atoms with Gasteiger partial charge in [0.15, 0.2) is 5.78 Å². The Morgan fingerprint density at radius 1 is 1.23 bits per heavy atom. The Bertz CT molecular complexity index is 862. The average Bonchev–Trinajstić information content (AvgIpc) is 2.95. The highest BCUT2D eigenvalue weighted by Gasteiger charge is 2.09. The van der Waals surface area contributed by atoms with E-state index in [9.17, 15) is 9.90 Å². The summed E-state index contributed by atoms with van der Waals surface area (Å²) in [6.45, 7) is 0. The molecule has 0 bridgehead atoms. The lowest BCUT2D eigenvalue weighted by Crippen LogP contribution is -1.95. The van der Waals surface area contributed by atoms with Gasteiger partial charge in [-0.25, -0.2) is 0 Å². The lowest BCUT2D eigenvalue weighted by Gasteiger charge is -2.03. The summed E-state index contributed by atoms with van der Waals surface area (Å²) in [5.74, 6) is 0.160. The van der Waals surface area contributed by atoms with Gasteiger partial charge in [-0.3, -0.25) is 4.79 Å². The van der Waals surface area contributed by atoms with Crippen LogP contribution in [0.3, 0.4) is 0 Å². The molecule has 4 nitrogen and oxygen atoms in total. The van der Waals surface area contributed by atoms with Gasteiger partial charge in [-0.1, -0.05) is 18.2 Å². The number of nitrogens with one attached hydrogen (secondary N) is 1. The third-order valence-electron chi connectivity index (χ3n) is 3.51. The topological polar surface area (TPSA) is 62.3 Å². The maximum Gasteiger partial charge on any atom is 0.189 e. The number of ketones is 1. The molecule has 2 N–H and O–H groups in total. The highest BCUT2D eigenvalue weighted by atomic mass is 16.5. The Labute approximate surface area is 127 Å². The van der Waals surface area contributed by atoms with Crippen LogP contribution < -0.4 is 4.74 Å². The minimum atomic E-state index is -0.259. The number of benzene rings is 2. The molecule has 1 aromatic heterocycles. The molecule has 0 radical (unpaired) electrons. The van der Waals surface area contributed by atoms with Crippen LogP contribution in [0, 0.1) is 0 Å². The second kappa shape index (κ2) is 5.77. The van der Waals surface area contributed by atoms with Crippen molar-refractivity contribution in [2.75, 3.05) is 7.11 Å². The number of H-pyrrole nitrogens is 1. The van der Waals surface area contributed by atoms with E-state index in [1.54, 1.807) is 18.2 Å². The van der Waals surface area contributed by atoms with Gasteiger partial charge in [0.05, 0.1) is 12.7 Å². The third-order valence-corrected chi connectivity index (χ3v) is 3.51. The zero-order valence-electron chi connectivity index (χ0n) is 12.0. The van der Waals surface area contributed by atoms with Crippen molar-refractivity contribution in [1.82, 2.24) is 4.98 Å². The predicted molar refractivity (Wildman–Crippen MR) is 86.3 cm³/mol. The van der Waals surface area contributed by atoms with Gasteiger partial charge in [-0.05, 0) is 35.9 Å². The quantitative estimate of drug-likeness (QED) is 0.568. The van der Waals surface area contributed by atoms with Crippen LogP contribution in [0.25, 0.3) is 17.0 Å². The van der Waals surface area contributed by atoms with E-state index in [1.165, 1.54) is 19.3 Å². The Kier molecular flexibility index (Phi) is 3.66. The SMILES string of the molecule is COc1ccc(C(=O)/C=C\c2c[nH]c3ccccc23)c(O)c1. The van der Waals surface area contributed by atoms with Crippen molar-refractivity contribution < 1.29 is 14.6 Å². The fourth-order valence-corrected chi connectivity index (χ4v) is 2.33. The number of para-hydroxylation sites is 1. The molecule has 0 aliphatic rings. The zero-order valence-corrected chi connectivity index (χ0v) is 12.0. The van der Waals surface area contributed by atoms with Crippen LogP contribution in [0.15, 0.2) is 54.7 Å². The van der Waals surface area contributed by atoms with Gasteiger partial charge >= 0.3 is 0 Å². The molecule has 0 aliphatic heterocycles. The maximum atomic E-state index is 12.2. The number of hydrogen-bond donors (Lipinski definition) is 2. The van der Waals surface area contributed by atoms with Crippen molar-refractivity contribution in [3.8, 4) is 11.5 Å². The number of aromatic amines is 1. The predicted octanol–water partition coefficient (Wildman–Crippen LogP) is 3.78. The second-order valence-electron chi connectivity index (χ2n) is 4.87. The van der Waals surface area contributed by atoms with Crippen LogP contribution in [0.1, 0.15) is 15.9 Å². The van der Waals surface area contributed by atoms with E-state index < -0.39 is 0 Å². The number of aromatic hydroxyl groups is 1. The first-order valence-electron chi connectivity index (χ1n) is 6.84. The average molecular weight is 293 g/mol. The van der Waals surface area contributed by atoms with Crippen molar-refractivity contribution in [3.05, 3.63) is 65.9 Å². The first-order valence-corrected chi connectivity index (χ1v) is 6.84. The zero-order chi connectivity index (χ0) is 15.5. The van der Waals surface area contributed by atoms with Crippen molar-refractivity contribution in [2.45, 2.75) is 0 Å². The lowest BCUT2D eigenvalue weighted by molar-refractivity contribution is 0.104. The van der Waals surface area contributed by atoms with E-state index in [2.05, 4.69) is 4.98 Å². The van der Waals surface area contributed by atoms with Gasteiger partial charge in [0.1, 0.15) is 11.5 Å². The van der Waals surface area contributed by atoms with Crippen LogP contribution in [-0.2, 0) is 0 Å². The Morgan fingerprint density at radius 3 is 2.82 bits per heavy atom. The fourth-order valence-electron chi connectivity index (χ4n) is 2.33. The molecule has 3 aromatic rings. The Morgan fingerprint density at radius 2 is 2.05 bits per heavy atom. The number of hydrogen-bond acceptors (Lipinski definition) is 3. The molecule has 4 heteroatoms. The lowest BCUT2D eigenvalue weighted by atomic mass is 10.1. The van der Waals surface area contributed by atoms with Gasteiger partial charge in [0, 0.05) is 23.2 Å². The van der Waals surface area contributed by atoms with Crippen molar-refractivity contribution >= 4 is 22.8 Å². The number of rotatable bonds is 4. The first kappa shape index (κ1) is 13.9. The summed E-state index contributed by atoms with van der Waals surface area (Å²) >= 11 is 0. The van der Waals surface area contributed by atoms with E-state index in [0.29, 0.717) is 5.75 Å². The van der Waals surface area contributed by atoms with Gasteiger partial charge in [0.2, 0.25) is 0 Å². The number of ether oxygens (including phenoxy) is 1. The van der Waals surface area contributed by atoms with Gasteiger partial charge in [0.25, 0.3) is 0 Å². The second-order valence-corrected chi connectivity index (χ2v) is 4.87. The van der Waals surface area contributed by atoms with Crippen molar-refractivity contribution in [1.29, 1.82) is 0 Å². The number of aromatic nitrogens is 1. The standard InChI is InChI=1S/C18H15NO3/c1-22-13-7-8-15(18(21)10-13)17(20)9-6-12-11-19-16-5-3-2-4-14(12)16/h2-11,19,21H,1H3/b9-6-. The molecule has 2 aromatic carbocycles. The number of allylic oxidation sites excluding steroid dienone is 1. The number of methoxy groups -OCH3 is 1. The highest BCUT2D eigenvalue weighted by molar-refractivity contribution is 6.09. The summed E-state index contributed by atoms with van der Waals surface area (Å²) in [6, 6.07) is 12.5. The van der Waals surface area contributed by atoms with Crippen LogP contribution in [0.5, 0.6) is 11.5 Å². The largest absolute Gasteiger partial charge is 0.507 e. The van der Waals surface area contributed by atoms with Gasteiger partial charge in [-0.15, -0.1) is 0 Å². The van der Waals surface area contributed by atoms with E-state index in [1.807, 2.05) is 30.5 Å². The molecule has 0 saturated carbocycles. The van der Waals surface area contributed by atoms with E-state index in [-0.39, 0.29) is 17.1 Å². The summed E-state index contributed by atoms with van der Waals surface area (Å²) in [5.41, 5.74) is 2.19. The summed E-state index contributed by atoms with van der Waals surface area (Å²) < 4.78 is 5.00. The minimum Gasteiger partial charge on any atom is -0.507 e. The highest BCUT2D eigenvalue weighted by Crippen LogP contribution is 2.25. The monoisotopic (exact) mass is 293 g/mol. The van der Waals surface area contributed by atoms with Crippen LogP contribution in [-0.4, -0.2) is 23.0 Å². The molecule has 0 saturated heterocycles. The normalized spacial score (nSPS) is 11.1. The number of fused-ring (bicyclic) bond motifs is 1. The molecule has 110 valence electrons. The molecule has 0 amide bonds. The van der Waals surface area contributed by atoms with Crippen LogP contribution in [0.4, 0.5) is 0 Å². The molecule has 3 rings (SSSR count). The molecule has 1 heterocycles. The summed E-state index contributed by atoms with van der Waals surface area (Å²) in [6.07, 6.45) is 5.05. The molecule has 0 atom stereocenters. The fraction of sp³-hybridized carbons (Fsp3) is 0.0556. The number of phenolic OH excluding ortho intramolecular Hbond substituents is 1. The Balaban J connectivity index is 1.87. The molecule has 0 spiro atoms. The summed E-state index contributed by atoms with van der Waals surface area (Å²) in [5, 5.41) is 10.9. The van der Waals surface area contributed by atoms with Gasteiger partial charge < -0.3 is 14.8 Å². The summed E-state index contributed by atoms with van der Waals surface area (Å²) in [7, 11) is 1.51. The molecule has 0 unspecified atom stereocenters. The van der Waals surface area contributed by atoms with E-state index in [0.717, 1.165) is 16.5 Å². The maximum absolute atomic E-state index is 12.2. The van der Waals surface area contributed by atoms with E-state index in [4.69, 9.17) is 4.74 Å². The van der Waals surface area contributed by atoms with Crippen LogP contribution in [0.2, 0.25) is 0 Å². The summed E-state index contributed by atoms with van der Waals surface area (Å²) in [4.78, 5) is 15.3. The van der Waals surface area contributed by atoms with Gasteiger partial charge in [-0.2, -0.15) is 0 Å². The smallest absolute Gasteiger partial charge is 0.189 e.